The first-order valence-electron chi connectivity index (χ1n) is 6.81. The van der Waals surface area contributed by atoms with Gasteiger partial charge in [-0.05, 0) is 12.8 Å². The van der Waals surface area contributed by atoms with Crippen LogP contribution in [0.15, 0.2) is 12.4 Å². The van der Waals surface area contributed by atoms with Gasteiger partial charge in [0.2, 0.25) is 0 Å². The molecule has 0 spiro atoms. The lowest BCUT2D eigenvalue weighted by molar-refractivity contribution is -0.139. The van der Waals surface area contributed by atoms with Gasteiger partial charge in [0, 0.05) is 25.4 Å². The van der Waals surface area contributed by atoms with E-state index >= 15 is 0 Å². The van der Waals surface area contributed by atoms with Crippen molar-refractivity contribution < 1.29 is 32.2 Å². The molecule has 8 heteroatoms. The molecule has 5 nitrogen and oxygen atoms in total. The minimum atomic E-state index is -4.67. The minimum absolute atomic E-state index is 0.0156. The number of nitrogens with zero attached hydrogens (tertiary/aromatic N) is 1. The average Bonchev–Trinajstić information content (AvgIpc) is 2.98. The molecule has 1 fully saturated rings. The molecule has 1 aliphatic heterocycles. The van der Waals surface area contributed by atoms with Crippen molar-refractivity contribution in [2.75, 3.05) is 20.3 Å². The van der Waals surface area contributed by atoms with Gasteiger partial charge in [-0.3, -0.25) is 4.98 Å². The maximum Gasteiger partial charge on any atom is 0.421 e. The summed E-state index contributed by atoms with van der Waals surface area (Å²) in [6.07, 6.45) is -0.804. The van der Waals surface area contributed by atoms with Crippen molar-refractivity contribution in [1.29, 1.82) is 0 Å². The third kappa shape index (κ3) is 3.88. The Morgan fingerprint density at radius 1 is 1.45 bits per heavy atom. The van der Waals surface area contributed by atoms with E-state index in [1.165, 1.54) is 0 Å². The van der Waals surface area contributed by atoms with Gasteiger partial charge in [0.15, 0.2) is 0 Å². The molecular formula is C14H16F3NO4. The second kappa shape index (κ2) is 6.95. The van der Waals surface area contributed by atoms with Gasteiger partial charge in [-0.1, -0.05) is 0 Å². The Kier molecular flexibility index (Phi) is 5.23. The standard InChI is InChI=1S/C14H16F3NO4/c1-20-13(19)10-7-18-8-11(14(15,16)17)12(10)22-6-4-9-3-2-5-21-9/h7-9H,2-6H2,1H3/t9-/m0/s1. The second-order valence-electron chi connectivity index (χ2n) is 4.83. The molecule has 0 N–H and O–H groups in total. The quantitative estimate of drug-likeness (QED) is 0.781. The summed E-state index contributed by atoms with van der Waals surface area (Å²) in [4.78, 5) is 15.0. The van der Waals surface area contributed by atoms with Gasteiger partial charge in [-0.2, -0.15) is 13.2 Å². The molecule has 0 aliphatic carbocycles. The van der Waals surface area contributed by atoms with Crippen LogP contribution in [-0.2, 0) is 15.7 Å². The van der Waals surface area contributed by atoms with E-state index in [0.717, 1.165) is 26.1 Å². The third-order valence-corrected chi connectivity index (χ3v) is 3.32. The molecule has 1 saturated heterocycles. The fourth-order valence-corrected chi connectivity index (χ4v) is 2.23. The summed E-state index contributed by atoms with van der Waals surface area (Å²) >= 11 is 0. The molecule has 22 heavy (non-hydrogen) atoms. The van der Waals surface area contributed by atoms with Crippen molar-refractivity contribution in [2.45, 2.75) is 31.5 Å². The van der Waals surface area contributed by atoms with Crippen LogP contribution in [0.4, 0.5) is 13.2 Å². The van der Waals surface area contributed by atoms with Crippen LogP contribution in [0, 0.1) is 0 Å². The van der Waals surface area contributed by atoms with Crippen molar-refractivity contribution >= 4 is 5.97 Å². The van der Waals surface area contributed by atoms with Gasteiger partial charge >= 0.3 is 12.1 Å². The lowest BCUT2D eigenvalue weighted by atomic mass is 10.1. The summed E-state index contributed by atoms with van der Waals surface area (Å²) < 4.78 is 54.2. The molecule has 1 aliphatic rings. The summed E-state index contributed by atoms with van der Waals surface area (Å²) in [5.74, 6) is -1.47. The van der Waals surface area contributed by atoms with Crippen molar-refractivity contribution in [3.63, 3.8) is 0 Å². The summed E-state index contributed by atoms with van der Waals surface area (Å²) in [6, 6.07) is 0. The third-order valence-electron chi connectivity index (χ3n) is 3.32. The average molecular weight is 319 g/mol. The van der Waals surface area contributed by atoms with Crippen LogP contribution < -0.4 is 4.74 Å². The largest absolute Gasteiger partial charge is 0.492 e. The van der Waals surface area contributed by atoms with Gasteiger partial charge in [0.05, 0.1) is 19.8 Å². The van der Waals surface area contributed by atoms with Crippen molar-refractivity contribution in [3.05, 3.63) is 23.5 Å². The number of ether oxygens (including phenoxy) is 3. The Morgan fingerprint density at radius 3 is 2.82 bits per heavy atom. The molecule has 122 valence electrons. The number of pyridine rings is 1. The molecule has 0 unspecified atom stereocenters. The van der Waals surface area contributed by atoms with Gasteiger partial charge in [0.1, 0.15) is 16.9 Å². The van der Waals surface area contributed by atoms with Crippen LogP contribution in [0.2, 0.25) is 0 Å². The van der Waals surface area contributed by atoms with Crippen LogP contribution in [0.1, 0.15) is 35.2 Å². The van der Waals surface area contributed by atoms with Crippen LogP contribution in [0.5, 0.6) is 5.75 Å². The summed E-state index contributed by atoms with van der Waals surface area (Å²) in [5.41, 5.74) is -1.44. The van der Waals surface area contributed by atoms with Gasteiger partial charge in [-0.25, -0.2) is 4.79 Å². The first-order chi connectivity index (χ1) is 10.4. The highest BCUT2D eigenvalue weighted by Gasteiger charge is 2.37. The fourth-order valence-electron chi connectivity index (χ4n) is 2.23. The zero-order chi connectivity index (χ0) is 16.2. The van der Waals surface area contributed by atoms with E-state index in [1.54, 1.807) is 0 Å². The summed E-state index contributed by atoms with van der Waals surface area (Å²) in [6.45, 7) is 0.670. The molecular weight excluding hydrogens is 303 g/mol. The highest BCUT2D eigenvalue weighted by atomic mass is 19.4. The van der Waals surface area contributed by atoms with Crippen molar-refractivity contribution in [3.8, 4) is 5.75 Å². The number of alkyl halides is 3. The van der Waals surface area contributed by atoms with E-state index in [1.807, 2.05) is 0 Å². The number of aromatic nitrogens is 1. The topological polar surface area (TPSA) is 57.7 Å². The predicted molar refractivity (Wildman–Crippen MR) is 69.7 cm³/mol. The first kappa shape index (κ1) is 16.5. The van der Waals surface area contributed by atoms with Crippen LogP contribution in [0.25, 0.3) is 0 Å². The Hall–Kier alpha value is -1.83. The SMILES string of the molecule is COC(=O)c1cncc(C(F)(F)F)c1OCC[C@@H]1CCCO1. The minimum Gasteiger partial charge on any atom is -0.492 e. The van der Waals surface area contributed by atoms with Gasteiger partial charge in [0.25, 0.3) is 0 Å². The normalized spacial score (nSPS) is 18.3. The zero-order valence-electron chi connectivity index (χ0n) is 12.0. The summed E-state index contributed by atoms with van der Waals surface area (Å²) in [5, 5.41) is 0. The van der Waals surface area contributed by atoms with E-state index in [-0.39, 0.29) is 18.3 Å². The second-order valence-corrected chi connectivity index (χ2v) is 4.83. The maximum absolute atomic E-state index is 13.0. The van der Waals surface area contributed by atoms with Crippen LogP contribution in [0.3, 0.4) is 0 Å². The lowest BCUT2D eigenvalue weighted by Gasteiger charge is -2.17. The molecule has 2 heterocycles. The Balaban J connectivity index is 2.19. The maximum atomic E-state index is 13.0. The smallest absolute Gasteiger partial charge is 0.421 e. The first-order valence-corrected chi connectivity index (χ1v) is 6.81. The number of carbonyl (C=O) groups is 1. The van der Waals surface area contributed by atoms with Crippen molar-refractivity contribution in [1.82, 2.24) is 4.98 Å². The molecule has 0 amide bonds. The van der Waals surface area contributed by atoms with E-state index < -0.39 is 23.5 Å². The van der Waals surface area contributed by atoms with Crippen LogP contribution >= 0.6 is 0 Å². The monoisotopic (exact) mass is 319 g/mol. The zero-order valence-corrected chi connectivity index (χ0v) is 12.0. The molecule has 0 bridgehead atoms. The molecule has 1 aromatic rings. The Morgan fingerprint density at radius 2 is 2.23 bits per heavy atom. The number of methoxy groups -OCH3 is 1. The number of halogens is 3. The fraction of sp³-hybridized carbons (Fsp3) is 0.571. The van der Waals surface area contributed by atoms with Crippen LogP contribution in [-0.4, -0.2) is 37.4 Å². The Labute approximate surface area is 125 Å². The van der Waals surface area contributed by atoms with E-state index in [0.29, 0.717) is 19.2 Å². The number of hydrogen-bond donors (Lipinski definition) is 0. The molecule has 1 atom stereocenters. The van der Waals surface area contributed by atoms with Crippen molar-refractivity contribution in [2.24, 2.45) is 0 Å². The Bertz CT molecular complexity index is 527. The summed E-state index contributed by atoms with van der Waals surface area (Å²) in [7, 11) is 1.08. The lowest BCUT2D eigenvalue weighted by Crippen LogP contribution is -2.17. The molecule has 0 radical (unpaired) electrons. The predicted octanol–water partition coefficient (Wildman–Crippen LogP) is 2.83. The molecule has 1 aromatic heterocycles. The molecule has 2 rings (SSSR count). The van der Waals surface area contributed by atoms with Gasteiger partial charge < -0.3 is 14.2 Å². The highest BCUT2D eigenvalue weighted by molar-refractivity contribution is 5.92. The highest BCUT2D eigenvalue weighted by Crippen LogP contribution is 2.38. The van der Waals surface area contributed by atoms with E-state index in [4.69, 9.17) is 9.47 Å². The van der Waals surface area contributed by atoms with E-state index in [2.05, 4.69) is 9.72 Å². The van der Waals surface area contributed by atoms with Gasteiger partial charge in [-0.15, -0.1) is 0 Å². The molecule has 0 aromatic carbocycles. The number of hydrogen-bond acceptors (Lipinski definition) is 5. The van der Waals surface area contributed by atoms with E-state index in [9.17, 15) is 18.0 Å². The number of carbonyl (C=O) groups excluding carboxylic acids is 1. The number of esters is 1. The number of rotatable bonds is 5. The molecule has 0 saturated carbocycles.